The number of hydrogen-bond donors (Lipinski definition) is 1. The molecular weight excluding hydrogens is 250 g/mol. The van der Waals surface area contributed by atoms with E-state index in [1.807, 2.05) is 6.07 Å². The smallest absolute Gasteiger partial charge is 0.134 e. The molecule has 0 saturated carbocycles. The summed E-state index contributed by atoms with van der Waals surface area (Å²) in [6, 6.07) is 11.8. The van der Waals surface area contributed by atoms with Crippen LogP contribution in [-0.2, 0) is 0 Å². The minimum atomic E-state index is 0.173. The van der Waals surface area contributed by atoms with Gasteiger partial charge in [0, 0.05) is 11.6 Å². The normalized spacial score (nSPS) is 9.83. The number of ether oxygens (including phenoxy) is 1. The van der Waals surface area contributed by atoms with Gasteiger partial charge < -0.3 is 9.84 Å². The van der Waals surface area contributed by atoms with Crippen LogP contribution in [0.15, 0.2) is 36.4 Å². The molecule has 2 aromatic rings. The fourth-order valence-corrected chi connectivity index (χ4v) is 1.70. The van der Waals surface area contributed by atoms with E-state index in [0.717, 1.165) is 0 Å². The molecule has 2 aromatic carbocycles. The second-order valence-corrected chi connectivity index (χ2v) is 4.16. The van der Waals surface area contributed by atoms with Crippen LogP contribution in [-0.4, -0.2) is 5.11 Å². The Hall–Kier alpha value is -2.18. The lowest BCUT2D eigenvalue weighted by Gasteiger charge is -2.10. The van der Waals surface area contributed by atoms with Crippen molar-refractivity contribution in [1.29, 1.82) is 5.26 Å². The van der Waals surface area contributed by atoms with E-state index in [1.165, 1.54) is 0 Å². The second kappa shape index (κ2) is 4.99. The van der Waals surface area contributed by atoms with E-state index < -0.39 is 0 Å². The van der Waals surface area contributed by atoms with Crippen molar-refractivity contribution in [3.8, 4) is 23.3 Å². The highest BCUT2D eigenvalue weighted by atomic mass is 35.5. The van der Waals surface area contributed by atoms with Gasteiger partial charge in [0.25, 0.3) is 0 Å². The van der Waals surface area contributed by atoms with E-state index in [-0.39, 0.29) is 5.75 Å². The number of nitrogens with zero attached hydrogens (tertiary/aromatic N) is 1. The maximum atomic E-state index is 9.57. The van der Waals surface area contributed by atoms with Crippen LogP contribution in [0.2, 0.25) is 5.02 Å². The zero-order chi connectivity index (χ0) is 13.1. The van der Waals surface area contributed by atoms with Crippen LogP contribution >= 0.6 is 11.6 Å². The molecule has 3 nitrogen and oxygen atoms in total. The van der Waals surface area contributed by atoms with E-state index in [4.69, 9.17) is 21.6 Å². The van der Waals surface area contributed by atoms with Crippen LogP contribution < -0.4 is 4.74 Å². The van der Waals surface area contributed by atoms with E-state index in [9.17, 15) is 5.11 Å². The second-order valence-electron chi connectivity index (χ2n) is 3.76. The van der Waals surface area contributed by atoms with Crippen LogP contribution in [0.5, 0.6) is 17.2 Å². The fraction of sp³-hybridized carbons (Fsp3) is 0.0714. The monoisotopic (exact) mass is 259 g/mol. The lowest BCUT2D eigenvalue weighted by Crippen LogP contribution is -1.88. The average molecular weight is 260 g/mol. The first-order chi connectivity index (χ1) is 8.61. The van der Waals surface area contributed by atoms with Gasteiger partial charge in [0.05, 0.1) is 10.6 Å². The van der Waals surface area contributed by atoms with Crippen molar-refractivity contribution in [2.75, 3.05) is 0 Å². The standard InChI is InChI=1S/C14H10ClNO2/c1-9-13(17)3-2-4-14(9)18-11-6-5-10(8-16)12(15)7-11/h2-7,17H,1H3. The molecule has 0 heterocycles. The van der Waals surface area contributed by atoms with Crippen molar-refractivity contribution in [2.24, 2.45) is 0 Å². The molecule has 0 spiro atoms. The summed E-state index contributed by atoms with van der Waals surface area (Å²) in [5.41, 5.74) is 1.05. The molecule has 18 heavy (non-hydrogen) atoms. The molecule has 0 unspecified atom stereocenters. The number of nitriles is 1. The van der Waals surface area contributed by atoms with E-state index >= 15 is 0 Å². The molecule has 0 atom stereocenters. The third kappa shape index (κ3) is 2.39. The number of aromatic hydroxyl groups is 1. The van der Waals surface area contributed by atoms with Gasteiger partial charge in [-0.1, -0.05) is 17.7 Å². The Morgan fingerprint density at radius 3 is 2.72 bits per heavy atom. The van der Waals surface area contributed by atoms with Gasteiger partial charge in [-0.3, -0.25) is 0 Å². The molecule has 0 aliphatic rings. The van der Waals surface area contributed by atoms with Crippen molar-refractivity contribution < 1.29 is 9.84 Å². The van der Waals surface area contributed by atoms with Crippen LogP contribution in [0.3, 0.4) is 0 Å². The average Bonchev–Trinajstić information content (AvgIpc) is 2.35. The third-order valence-corrected chi connectivity index (χ3v) is 2.86. The first-order valence-corrected chi connectivity index (χ1v) is 5.65. The topological polar surface area (TPSA) is 53.2 Å². The van der Waals surface area contributed by atoms with Gasteiger partial charge in [0.15, 0.2) is 0 Å². The number of halogens is 1. The number of phenolic OH excluding ortho intramolecular Hbond substituents is 1. The molecular formula is C14H10ClNO2. The Morgan fingerprint density at radius 2 is 2.06 bits per heavy atom. The number of rotatable bonds is 2. The summed E-state index contributed by atoms with van der Waals surface area (Å²) in [4.78, 5) is 0. The highest BCUT2D eigenvalue weighted by Gasteiger charge is 2.07. The first-order valence-electron chi connectivity index (χ1n) is 5.28. The molecule has 0 saturated heterocycles. The van der Waals surface area contributed by atoms with Gasteiger partial charge in [0.2, 0.25) is 0 Å². The minimum Gasteiger partial charge on any atom is -0.508 e. The highest BCUT2D eigenvalue weighted by Crippen LogP contribution is 2.31. The van der Waals surface area contributed by atoms with Gasteiger partial charge in [0.1, 0.15) is 23.3 Å². The Kier molecular flexibility index (Phi) is 3.40. The van der Waals surface area contributed by atoms with Crippen molar-refractivity contribution in [3.63, 3.8) is 0 Å². The van der Waals surface area contributed by atoms with Gasteiger partial charge in [-0.15, -0.1) is 0 Å². The summed E-state index contributed by atoms with van der Waals surface area (Å²) < 4.78 is 5.62. The molecule has 0 bridgehead atoms. The molecule has 1 N–H and O–H groups in total. The molecule has 90 valence electrons. The molecule has 2 rings (SSSR count). The summed E-state index contributed by atoms with van der Waals surface area (Å²) in [6.07, 6.45) is 0. The lowest BCUT2D eigenvalue weighted by molar-refractivity contribution is 0.448. The van der Waals surface area contributed by atoms with E-state index in [1.54, 1.807) is 43.3 Å². The largest absolute Gasteiger partial charge is 0.508 e. The maximum absolute atomic E-state index is 9.57. The molecule has 0 aliphatic heterocycles. The van der Waals surface area contributed by atoms with Crippen molar-refractivity contribution >= 4 is 11.6 Å². The third-order valence-electron chi connectivity index (χ3n) is 2.54. The van der Waals surface area contributed by atoms with Gasteiger partial charge in [-0.2, -0.15) is 5.26 Å². The predicted molar refractivity (Wildman–Crippen MR) is 69.1 cm³/mol. The summed E-state index contributed by atoms with van der Waals surface area (Å²) in [5.74, 6) is 1.25. The zero-order valence-electron chi connectivity index (χ0n) is 9.64. The molecule has 0 aliphatic carbocycles. The summed E-state index contributed by atoms with van der Waals surface area (Å²) in [6.45, 7) is 1.76. The maximum Gasteiger partial charge on any atom is 0.134 e. The SMILES string of the molecule is Cc1c(O)cccc1Oc1ccc(C#N)c(Cl)c1. The number of benzene rings is 2. The zero-order valence-corrected chi connectivity index (χ0v) is 10.4. The number of phenols is 1. The Morgan fingerprint density at radius 1 is 1.28 bits per heavy atom. The minimum absolute atomic E-state index is 0.173. The highest BCUT2D eigenvalue weighted by molar-refractivity contribution is 6.31. The van der Waals surface area contributed by atoms with Crippen molar-refractivity contribution in [2.45, 2.75) is 6.92 Å². The first kappa shape index (κ1) is 12.3. The van der Waals surface area contributed by atoms with Crippen LogP contribution in [0.1, 0.15) is 11.1 Å². The van der Waals surface area contributed by atoms with E-state index in [2.05, 4.69) is 0 Å². The molecule has 0 fully saturated rings. The molecule has 4 heteroatoms. The van der Waals surface area contributed by atoms with Gasteiger partial charge >= 0.3 is 0 Å². The van der Waals surface area contributed by atoms with Gasteiger partial charge in [-0.25, -0.2) is 0 Å². The van der Waals surface area contributed by atoms with Crippen molar-refractivity contribution in [1.82, 2.24) is 0 Å². The molecule has 0 aromatic heterocycles. The number of hydrogen-bond acceptors (Lipinski definition) is 3. The summed E-state index contributed by atoms with van der Waals surface area (Å²) >= 11 is 5.91. The fourth-order valence-electron chi connectivity index (χ4n) is 1.49. The van der Waals surface area contributed by atoms with Gasteiger partial charge in [-0.05, 0) is 31.2 Å². The van der Waals surface area contributed by atoms with Crippen LogP contribution in [0.4, 0.5) is 0 Å². The quantitative estimate of drug-likeness (QED) is 0.886. The molecule has 0 radical (unpaired) electrons. The predicted octanol–water partition coefficient (Wildman–Crippen LogP) is 4.02. The Balaban J connectivity index is 2.32. The molecule has 0 amide bonds. The van der Waals surface area contributed by atoms with Crippen LogP contribution in [0.25, 0.3) is 0 Å². The van der Waals surface area contributed by atoms with Crippen molar-refractivity contribution in [3.05, 3.63) is 52.5 Å². The lowest BCUT2D eigenvalue weighted by atomic mass is 10.2. The Bertz CT molecular complexity index is 632. The van der Waals surface area contributed by atoms with E-state index in [0.29, 0.717) is 27.6 Å². The summed E-state index contributed by atoms with van der Waals surface area (Å²) in [7, 11) is 0. The van der Waals surface area contributed by atoms with Crippen LogP contribution in [0, 0.1) is 18.3 Å². The Labute approximate surface area is 110 Å². The summed E-state index contributed by atoms with van der Waals surface area (Å²) in [5, 5.41) is 18.7.